The second-order valence-electron chi connectivity index (χ2n) is 3.05. The van der Waals surface area contributed by atoms with Crippen LogP contribution in [0.25, 0.3) is 10.9 Å². The first-order valence-electron chi connectivity index (χ1n) is 3.99. The van der Waals surface area contributed by atoms with Crippen molar-refractivity contribution in [2.75, 3.05) is 5.73 Å². The normalized spacial score (nSPS) is 10.6. The van der Waals surface area contributed by atoms with E-state index in [4.69, 9.17) is 17.3 Å². The maximum atomic E-state index is 6.03. The van der Waals surface area contributed by atoms with Gasteiger partial charge in [0, 0.05) is 5.39 Å². The monoisotopic (exact) mass is 192 g/mol. The largest absolute Gasteiger partial charge is 0.396 e. The van der Waals surface area contributed by atoms with Crippen molar-refractivity contribution in [2.45, 2.75) is 6.92 Å². The average molecular weight is 193 g/mol. The Morgan fingerprint density at radius 1 is 1.38 bits per heavy atom. The lowest BCUT2D eigenvalue weighted by atomic mass is 10.1. The number of hydrogen-bond donors (Lipinski definition) is 1. The summed E-state index contributed by atoms with van der Waals surface area (Å²) in [5.41, 5.74) is 8.20. The van der Waals surface area contributed by atoms with E-state index in [0.717, 1.165) is 16.5 Å². The van der Waals surface area contributed by atoms with Crippen molar-refractivity contribution in [3.63, 3.8) is 0 Å². The number of aromatic nitrogens is 1. The van der Waals surface area contributed by atoms with E-state index in [1.807, 2.05) is 25.1 Å². The van der Waals surface area contributed by atoms with E-state index in [0.29, 0.717) is 10.7 Å². The zero-order valence-corrected chi connectivity index (χ0v) is 7.97. The molecular formula is C10H9ClN2. The summed E-state index contributed by atoms with van der Waals surface area (Å²) in [5, 5.41) is 1.51. The van der Waals surface area contributed by atoms with Crippen LogP contribution in [0.5, 0.6) is 0 Å². The van der Waals surface area contributed by atoms with Crippen molar-refractivity contribution >= 4 is 28.2 Å². The minimum Gasteiger partial charge on any atom is -0.396 e. The molecule has 1 heterocycles. The Morgan fingerprint density at radius 2 is 2.15 bits per heavy atom. The van der Waals surface area contributed by atoms with Gasteiger partial charge in [-0.15, -0.1) is 0 Å². The molecule has 0 atom stereocenters. The molecule has 0 saturated carbocycles. The minimum absolute atomic E-state index is 0.528. The summed E-state index contributed by atoms with van der Waals surface area (Å²) in [6.45, 7) is 2.01. The molecular weight excluding hydrogens is 184 g/mol. The van der Waals surface area contributed by atoms with Gasteiger partial charge in [-0.3, -0.25) is 4.98 Å². The van der Waals surface area contributed by atoms with Gasteiger partial charge in [0.25, 0.3) is 0 Å². The number of aryl methyl sites for hydroxylation is 1. The number of fused-ring (bicyclic) bond motifs is 1. The van der Waals surface area contributed by atoms with Crippen LogP contribution in [0.3, 0.4) is 0 Å². The lowest BCUT2D eigenvalue weighted by Crippen LogP contribution is -1.89. The van der Waals surface area contributed by atoms with Crippen LogP contribution < -0.4 is 5.73 Å². The molecule has 0 aliphatic heterocycles. The third-order valence-electron chi connectivity index (χ3n) is 1.98. The molecule has 1 aromatic heterocycles. The topological polar surface area (TPSA) is 38.9 Å². The molecule has 0 bridgehead atoms. The summed E-state index contributed by atoms with van der Waals surface area (Å²) in [7, 11) is 0. The molecule has 0 saturated heterocycles. The van der Waals surface area contributed by atoms with Crippen LogP contribution >= 0.6 is 11.6 Å². The third kappa shape index (κ3) is 1.33. The highest BCUT2D eigenvalue weighted by molar-refractivity contribution is 6.37. The fourth-order valence-corrected chi connectivity index (χ4v) is 1.49. The van der Waals surface area contributed by atoms with Crippen LogP contribution in [0.1, 0.15) is 5.56 Å². The number of rotatable bonds is 0. The van der Waals surface area contributed by atoms with Gasteiger partial charge >= 0.3 is 0 Å². The van der Waals surface area contributed by atoms with Crippen LogP contribution in [-0.4, -0.2) is 4.98 Å². The second-order valence-corrected chi connectivity index (χ2v) is 3.43. The number of nitrogens with zero attached hydrogens (tertiary/aromatic N) is 1. The third-order valence-corrected chi connectivity index (χ3v) is 2.41. The average Bonchev–Trinajstić information content (AvgIpc) is 2.12. The lowest BCUT2D eigenvalue weighted by Gasteiger charge is -2.03. The SMILES string of the molecule is Cc1ccc2ncc(N)c(Cl)c2c1. The van der Waals surface area contributed by atoms with E-state index in [2.05, 4.69) is 4.98 Å². The number of halogens is 1. The fourth-order valence-electron chi connectivity index (χ4n) is 1.29. The van der Waals surface area contributed by atoms with Crippen molar-refractivity contribution < 1.29 is 0 Å². The lowest BCUT2D eigenvalue weighted by molar-refractivity contribution is 1.39. The van der Waals surface area contributed by atoms with Crippen LogP contribution in [-0.2, 0) is 0 Å². The van der Waals surface area contributed by atoms with Gasteiger partial charge in [0.1, 0.15) is 0 Å². The predicted octanol–water partition coefficient (Wildman–Crippen LogP) is 2.78. The minimum atomic E-state index is 0.528. The zero-order valence-electron chi connectivity index (χ0n) is 7.21. The Hall–Kier alpha value is -1.28. The summed E-state index contributed by atoms with van der Waals surface area (Å²) in [4.78, 5) is 4.17. The summed E-state index contributed by atoms with van der Waals surface area (Å²) >= 11 is 6.03. The van der Waals surface area contributed by atoms with Crippen LogP contribution in [0, 0.1) is 6.92 Å². The fraction of sp³-hybridized carbons (Fsp3) is 0.100. The van der Waals surface area contributed by atoms with Crippen LogP contribution in [0.2, 0.25) is 5.02 Å². The molecule has 0 amide bonds. The number of benzene rings is 1. The highest BCUT2D eigenvalue weighted by Gasteiger charge is 2.03. The highest BCUT2D eigenvalue weighted by atomic mass is 35.5. The first kappa shape index (κ1) is 8.32. The molecule has 0 aliphatic carbocycles. The Balaban J connectivity index is 2.89. The molecule has 0 unspecified atom stereocenters. The van der Waals surface area contributed by atoms with E-state index in [-0.39, 0.29) is 0 Å². The Bertz CT molecular complexity index is 460. The van der Waals surface area contributed by atoms with Crippen molar-refractivity contribution in [2.24, 2.45) is 0 Å². The molecule has 0 aliphatic rings. The molecule has 0 fully saturated rings. The molecule has 2 nitrogen and oxygen atoms in total. The number of pyridine rings is 1. The van der Waals surface area contributed by atoms with E-state index < -0.39 is 0 Å². The quantitative estimate of drug-likeness (QED) is 0.697. The predicted molar refractivity (Wildman–Crippen MR) is 55.9 cm³/mol. The molecule has 2 rings (SSSR count). The Kier molecular flexibility index (Phi) is 1.85. The molecule has 13 heavy (non-hydrogen) atoms. The summed E-state index contributed by atoms with van der Waals surface area (Å²) in [6, 6.07) is 5.93. The van der Waals surface area contributed by atoms with Crippen LogP contribution in [0.15, 0.2) is 24.4 Å². The van der Waals surface area contributed by atoms with Crippen molar-refractivity contribution in [3.8, 4) is 0 Å². The van der Waals surface area contributed by atoms with Gasteiger partial charge in [0.2, 0.25) is 0 Å². The number of hydrogen-bond acceptors (Lipinski definition) is 2. The number of anilines is 1. The van der Waals surface area contributed by atoms with E-state index in [1.54, 1.807) is 6.20 Å². The standard InChI is InChI=1S/C10H9ClN2/c1-6-2-3-9-7(4-6)10(11)8(12)5-13-9/h2-5H,12H2,1H3. The van der Waals surface area contributed by atoms with Gasteiger partial charge in [-0.2, -0.15) is 0 Å². The van der Waals surface area contributed by atoms with Gasteiger partial charge in [-0.25, -0.2) is 0 Å². The maximum absolute atomic E-state index is 6.03. The van der Waals surface area contributed by atoms with Gasteiger partial charge in [-0.05, 0) is 19.1 Å². The number of nitrogens with two attached hydrogens (primary N) is 1. The number of nitrogen functional groups attached to an aromatic ring is 1. The van der Waals surface area contributed by atoms with Gasteiger partial charge in [0.05, 0.1) is 22.4 Å². The molecule has 2 aromatic rings. The van der Waals surface area contributed by atoms with Crippen LogP contribution in [0.4, 0.5) is 5.69 Å². The first-order chi connectivity index (χ1) is 6.18. The second kappa shape index (κ2) is 2.89. The van der Waals surface area contributed by atoms with E-state index in [1.165, 1.54) is 0 Å². The Labute approximate surface area is 81.3 Å². The zero-order chi connectivity index (χ0) is 9.42. The van der Waals surface area contributed by atoms with Crippen molar-refractivity contribution in [3.05, 3.63) is 35.0 Å². The molecule has 66 valence electrons. The van der Waals surface area contributed by atoms with E-state index in [9.17, 15) is 0 Å². The highest BCUT2D eigenvalue weighted by Crippen LogP contribution is 2.27. The van der Waals surface area contributed by atoms with Crippen molar-refractivity contribution in [1.29, 1.82) is 0 Å². The molecule has 0 spiro atoms. The maximum Gasteiger partial charge on any atom is 0.0745 e. The summed E-state index contributed by atoms with van der Waals surface area (Å²) < 4.78 is 0. The molecule has 2 N–H and O–H groups in total. The molecule has 3 heteroatoms. The van der Waals surface area contributed by atoms with Gasteiger partial charge < -0.3 is 5.73 Å². The first-order valence-corrected chi connectivity index (χ1v) is 4.36. The molecule has 1 aromatic carbocycles. The molecule has 0 radical (unpaired) electrons. The van der Waals surface area contributed by atoms with Gasteiger partial charge in [-0.1, -0.05) is 23.2 Å². The summed E-state index contributed by atoms with van der Waals surface area (Å²) in [5.74, 6) is 0. The summed E-state index contributed by atoms with van der Waals surface area (Å²) in [6.07, 6.45) is 1.58. The van der Waals surface area contributed by atoms with Gasteiger partial charge in [0.15, 0.2) is 0 Å². The smallest absolute Gasteiger partial charge is 0.0745 e. The van der Waals surface area contributed by atoms with Crippen molar-refractivity contribution in [1.82, 2.24) is 4.98 Å². The Morgan fingerprint density at radius 3 is 2.92 bits per heavy atom. The van der Waals surface area contributed by atoms with E-state index >= 15 is 0 Å².